The minimum Gasteiger partial charge on any atom is -0.491 e. The Morgan fingerprint density at radius 1 is 1.47 bits per heavy atom. The van der Waals surface area contributed by atoms with Gasteiger partial charge in [-0.2, -0.15) is 0 Å². The minimum absolute atomic E-state index is 0.134. The molecule has 0 unspecified atom stereocenters. The van der Waals surface area contributed by atoms with E-state index in [-0.39, 0.29) is 11.6 Å². The van der Waals surface area contributed by atoms with E-state index in [2.05, 4.69) is 0 Å². The molecule has 92 valence electrons. The molecule has 0 amide bonds. The van der Waals surface area contributed by atoms with E-state index in [1.165, 1.54) is 31.4 Å². The molecule has 0 aromatic heterocycles. The lowest BCUT2D eigenvalue weighted by molar-refractivity contribution is 0.217. The van der Waals surface area contributed by atoms with Crippen LogP contribution in [0.2, 0.25) is 0 Å². The topological polar surface area (TPSA) is 59.1 Å². The van der Waals surface area contributed by atoms with Gasteiger partial charge in [-0.15, -0.1) is 0 Å². The molecule has 0 atom stereocenters. The van der Waals surface area contributed by atoms with Crippen LogP contribution in [0.15, 0.2) is 18.2 Å². The number of hydrogen-bond acceptors (Lipinski definition) is 2. The van der Waals surface area contributed by atoms with Gasteiger partial charge in [0.1, 0.15) is 5.84 Å². The van der Waals surface area contributed by atoms with Crippen molar-refractivity contribution in [3.8, 4) is 5.75 Å². The zero-order chi connectivity index (χ0) is 12.3. The first-order chi connectivity index (χ1) is 8.16. The van der Waals surface area contributed by atoms with Gasteiger partial charge in [-0.1, -0.05) is 19.3 Å². The van der Waals surface area contributed by atoms with Crippen LogP contribution in [-0.4, -0.2) is 12.4 Å². The van der Waals surface area contributed by atoms with Crippen LogP contribution in [0.25, 0.3) is 0 Å². The van der Waals surface area contributed by atoms with Crippen molar-refractivity contribution >= 4 is 5.84 Å². The van der Waals surface area contributed by atoms with Gasteiger partial charge < -0.3 is 10.5 Å². The fourth-order valence-corrected chi connectivity index (χ4v) is 1.90. The Morgan fingerprint density at radius 3 is 2.76 bits per heavy atom. The van der Waals surface area contributed by atoms with Crippen molar-refractivity contribution in [2.75, 3.05) is 6.61 Å². The second kappa shape index (κ2) is 5.17. The van der Waals surface area contributed by atoms with Crippen molar-refractivity contribution in [3.05, 3.63) is 29.6 Å². The molecule has 2 rings (SSSR count). The Balaban J connectivity index is 1.89. The third kappa shape index (κ3) is 2.96. The monoisotopic (exact) mass is 236 g/mol. The van der Waals surface area contributed by atoms with Crippen molar-refractivity contribution < 1.29 is 9.13 Å². The lowest BCUT2D eigenvalue weighted by atomic mass is 9.83. The molecule has 0 saturated heterocycles. The van der Waals surface area contributed by atoms with Crippen LogP contribution >= 0.6 is 0 Å². The number of rotatable bonds is 5. The van der Waals surface area contributed by atoms with E-state index in [4.69, 9.17) is 15.9 Å². The average Bonchev–Trinajstić information content (AvgIpc) is 2.23. The van der Waals surface area contributed by atoms with Crippen molar-refractivity contribution in [2.45, 2.75) is 25.7 Å². The fourth-order valence-electron chi connectivity index (χ4n) is 1.90. The number of nitrogens with one attached hydrogen (secondary N) is 1. The highest BCUT2D eigenvalue weighted by molar-refractivity contribution is 5.95. The first-order valence-electron chi connectivity index (χ1n) is 5.93. The van der Waals surface area contributed by atoms with Gasteiger partial charge in [0.2, 0.25) is 0 Å². The molecule has 0 bridgehead atoms. The quantitative estimate of drug-likeness (QED) is 0.610. The Morgan fingerprint density at radius 2 is 2.24 bits per heavy atom. The second-order valence-corrected chi connectivity index (χ2v) is 4.49. The molecule has 3 nitrogen and oxygen atoms in total. The van der Waals surface area contributed by atoms with E-state index in [0.29, 0.717) is 12.2 Å². The molecule has 0 radical (unpaired) electrons. The first-order valence-corrected chi connectivity index (χ1v) is 5.93. The molecule has 17 heavy (non-hydrogen) atoms. The first kappa shape index (κ1) is 11.9. The molecule has 1 saturated carbocycles. The van der Waals surface area contributed by atoms with Crippen LogP contribution in [0.4, 0.5) is 4.39 Å². The molecule has 4 heteroatoms. The molecule has 0 aliphatic heterocycles. The molecule has 1 aromatic carbocycles. The van der Waals surface area contributed by atoms with E-state index >= 15 is 0 Å². The molecule has 1 aliphatic carbocycles. The maximum atomic E-state index is 13.6. The number of ether oxygens (including phenoxy) is 1. The maximum absolute atomic E-state index is 13.6. The normalized spacial score (nSPS) is 15.4. The Hall–Kier alpha value is -1.58. The minimum atomic E-state index is -0.452. The highest BCUT2D eigenvalue weighted by atomic mass is 19.1. The van der Waals surface area contributed by atoms with Gasteiger partial charge in [0.05, 0.1) is 6.61 Å². The number of halogens is 1. The van der Waals surface area contributed by atoms with Crippen LogP contribution in [0.1, 0.15) is 31.2 Å². The lowest BCUT2D eigenvalue weighted by Crippen LogP contribution is -2.15. The Labute approximate surface area is 100 Å². The summed E-state index contributed by atoms with van der Waals surface area (Å²) in [5.41, 5.74) is 5.66. The molecular weight excluding hydrogens is 219 g/mol. The van der Waals surface area contributed by atoms with E-state index in [1.807, 2.05) is 0 Å². The number of nitrogen functional groups attached to an aromatic ring is 1. The Bertz CT molecular complexity index is 416. The smallest absolute Gasteiger partial charge is 0.165 e. The third-order valence-electron chi connectivity index (χ3n) is 3.25. The van der Waals surface area contributed by atoms with Gasteiger partial charge in [0.25, 0.3) is 0 Å². The van der Waals surface area contributed by atoms with Crippen LogP contribution in [-0.2, 0) is 0 Å². The van der Waals surface area contributed by atoms with Gasteiger partial charge >= 0.3 is 0 Å². The maximum Gasteiger partial charge on any atom is 0.165 e. The van der Waals surface area contributed by atoms with Gasteiger partial charge in [0.15, 0.2) is 11.6 Å². The zero-order valence-electron chi connectivity index (χ0n) is 9.71. The van der Waals surface area contributed by atoms with Crippen molar-refractivity contribution in [3.63, 3.8) is 0 Å². The average molecular weight is 236 g/mol. The molecule has 0 heterocycles. The van der Waals surface area contributed by atoms with Crippen molar-refractivity contribution in [1.82, 2.24) is 0 Å². The summed E-state index contributed by atoms with van der Waals surface area (Å²) in [5.74, 6) is 0.417. The van der Waals surface area contributed by atoms with Crippen molar-refractivity contribution in [2.24, 2.45) is 11.7 Å². The zero-order valence-corrected chi connectivity index (χ0v) is 9.71. The van der Waals surface area contributed by atoms with Crippen LogP contribution < -0.4 is 10.5 Å². The predicted octanol–water partition coefficient (Wildman–Crippen LogP) is 2.68. The fraction of sp³-hybridized carbons (Fsp3) is 0.462. The van der Waals surface area contributed by atoms with E-state index in [9.17, 15) is 4.39 Å². The van der Waals surface area contributed by atoms with Gasteiger partial charge in [-0.25, -0.2) is 4.39 Å². The lowest BCUT2D eigenvalue weighted by Gasteiger charge is -2.25. The number of nitrogens with two attached hydrogens (primary N) is 1. The molecule has 0 spiro atoms. The molecule has 3 N–H and O–H groups in total. The van der Waals surface area contributed by atoms with Crippen LogP contribution in [0.5, 0.6) is 5.75 Å². The standard InChI is InChI=1S/C13H17FN2O/c14-11-8-10(13(15)16)4-5-12(11)17-7-6-9-2-1-3-9/h4-5,8-9H,1-3,6-7H2,(H3,15,16). The summed E-state index contributed by atoms with van der Waals surface area (Å²) < 4.78 is 18.9. The third-order valence-corrected chi connectivity index (χ3v) is 3.25. The predicted molar refractivity (Wildman–Crippen MR) is 64.9 cm³/mol. The van der Waals surface area contributed by atoms with Crippen molar-refractivity contribution in [1.29, 1.82) is 5.41 Å². The molecule has 1 aliphatic rings. The summed E-state index contributed by atoms with van der Waals surface area (Å²) in [6.07, 6.45) is 4.85. The van der Waals surface area contributed by atoms with E-state index in [0.717, 1.165) is 12.3 Å². The SMILES string of the molecule is N=C(N)c1ccc(OCCC2CCC2)c(F)c1. The number of hydrogen-bond donors (Lipinski definition) is 2. The molecule has 1 aromatic rings. The van der Waals surface area contributed by atoms with Gasteiger partial charge in [0, 0.05) is 5.56 Å². The molecule has 1 fully saturated rings. The number of amidine groups is 1. The Kier molecular flexibility index (Phi) is 3.61. The highest BCUT2D eigenvalue weighted by Gasteiger charge is 2.17. The van der Waals surface area contributed by atoms with E-state index < -0.39 is 5.82 Å². The summed E-state index contributed by atoms with van der Waals surface area (Å²) >= 11 is 0. The van der Waals surface area contributed by atoms with Crippen LogP contribution in [0, 0.1) is 17.1 Å². The second-order valence-electron chi connectivity index (χ2n) is 4.49. The summed E-state index contributed by atoms with van der Waals surface area (Å²) in [4.78, 5) is 0. The highest BCUT2D eigenvalue weighted by Crippen LogP contribution is 2.29. The summed E-state index contributed by atoms with van der Waals surface area (Å²) in [5, 5.41) is 7.20. The summed E-state index contributed by atoms with van der Waals surface area (Å²) in [6.45, 7) is 0.557. The number of benzene rings is 1. The summed E-state index contributed by atoms with van der Waals surface area (Å²) in [7, 11) is 0. The largest absolute Gasteiger partial charge is 0.491 e. The van der Waals surface area contributed by atoms with Gasteiger partial charge in [-0.05, 0) is 30.5 Å². The molecular formula is C13H17FN2O. The van der Waals surface area contributed by atoms with Gasteiger partial charge in [-0.3, -0.25) is 5.41 Å². The van der Waals surface area contributed by atoms with Crippen LogP contribution in [0.3, 0.4) is 0 Å². The summed E-state index contributed by atoms with van der Waals surface area (Å²) in [6, 6.07) is 4.37. The van der Waals surface area contributed by atoms with E-state index in [1.54, 1.807) is 6.07 Å².